The Bertz CT molecular complexity index is 883. The number of rotatable bonds is 3. The molecule has 1 aromatic carbocycles. The number of fused-ring (bicyclic) bond motifs is 1. The van der Waals surface area contributed by atoms with Crippen LogP contribution in [0.2, 0.25) is 0 Å². The molecule has 1 aromatic rings. The van der Waals surface area contributed by atoms with Crippen LogP contribution in [0.1, 0.15) is 30.9 Å². The molecule has 1 heteroatoms. The van der Waals surface area contributed by atoms with Crippen molar-refractivity contribution >= 4 is 11.8 Å². The van der Waals surface area contributed by atoms with Gasteiger partial charge in [0.1, 0.15) is 0 Å². The van der Waals surface area contributed by atoms with Crippen molar-refractivity contribution in [2.24, 2.45) is 5.92 Å². The maximum atomic E-state index is 3.25. The van der Waals surface area contributed by atoms with Crippen LogP contribution in [0.5, 0.6) is 0 Å². The minimum Gasteiger partial charge on any atom is -0.310 e. The van der Waals surface area contributed by atoms with Crippen molar-refractivity contribution in [3.63, 3.8) is 0 Å². The Morgan fingerprint density at radius 3 is 2.96 bits per heavy atom. The first kappa shape index (κ1) is 15.7. The molecule has 0 saturated carbocycles. The van der Waals surface area contributed by atoms with Gasteiger partial charge in [0.2, 0.25) is 0 Å². The molecule has 0 saturated heterocycles. The molecule has 25 heavy (non-hydrogen) atoms. The average Bonchev–Trinajstić information content (AvgIpc) is 2.93. The summed E-state index contributed by atoms with van der Waals surface area (Å²) in [6, 6.07) is 6.82. The van der Waals surface area contributed by atoms with Crippen molar-refractivity contribution in [2.45, 2.75) is 26.2 Å². The van der Waals surface area contributed by atoms with Gasteiger partial charge in [0.15, 0.2) is 0 Å². The van der Waals surface area contributed by atoms with Crippen molar-refractivity contribution < 1.29 is 0 Å². The third-order valence-electron chi connectivity index (χ3n) is 4.87. The van der Waals surface area contributed by atoms with Crippen LogP contribution in [0.15, 0.2) is 90.0 Å². The van der Waals surface area contributed by atoms with E-state index in [0.29, 0.717) is 5.92 Å². The Labute approximate surface area is 150 Å². The molecule has 3 aliphatic carbocycles. The van der Waals surface area contributed by atoms with Gasteiger partial charge in [-0.3, -0.25) is 0 Å². The molecule has 1 unspecified atom stereocenters. The lowest BCUT2D eigenvalue weighted by Gasteiger charge is -2.29. The number of anilines is 1. The first-order chi connectivity index (χ1) is 12.3. The molecule has 124 valence electrons. The number of hydrogen-bond donors (Lipinski definition) is 0. The van der Waals surface area contributed by atoms with E-state index < -0.39 is 0 Å². The van der Waals surface area contributed by atoms with Gasteiger partial charge in [-0.1, -0.05) is 49.4 Å². The molecule has 0 aliphatic heterocycles. The maximum Gasteiger partial charge on any atom is 0.0538 e. The Hall–Kier alpha value is -2.76. The highest BCUT2D eigenvalue weighted by molar-refractivity contribution is 5.68. The van der Waals surface area contributed by atoms with Gasteiger partial charge >= 0.3 is 0 Å². The predicted octanol–water partition coefficient (Wildman–Crippen LogP) is 6.10. The van der Waals surface area contributed by atoms with Gasteiger partial charge < -0.3 is 4.90 Å². The van der Waals surface area contributed by atoms with Crippen LogP contribution in [0.25, 0.3) is 6.08 Å². The van der Waals surface area contributed by atoms with E-state index in [-0.39, 0.29) is 0 Å². The van der Waals surface area contributed by atoms with E-state index in [4.69, 9.17) is 0 Å². The quantitative estimate of drug-likeness (QED) is 0.607. The molecule has 0 radical (unpaired) electrons. The minimum atomic E-state index is 0.609. The summed E-state index contributed by atoms with van der Waals surface area (Å²) in [7, 11) is 0. The summed E-state index contributed by atoms with van der Waals surface area (Å²) >= 11 is 0. The fourth-order valence-corrected chi connectivity index (χ4v) is 3.47. The molecular formula is C24H23N. The zero-order valence-corrected chi connectivity index (χ0v) is 14.7. The van der Waals surface area contributed by atoms with Crippen LogP contribution in [0.3, 0.4) is 0 Å². The maximum absolute atomic E-state index is 3.25. The van der Waals surface area contributed by atoms with Crippen LogP contribution in [-0.4, -0.2) is 0 Å². The van der Waals surface area contributed by atoms with Gasteiger partial charge in [-0.15, -0.1) is 5.73 Å². The fourth-order valence-electron chi connectivity index (χ4n) is 3.47. The van der Waals surface area contributed by atoms with Gasteiger partial charge in [-0.25, -0.2) is 0 Å². The number of aryl methyl sites for hydroxylation is 1. The molecule has 3 aliphatic rings. The summed E-state index contributed by atoms with van der Waals surface area (Å²) in [5.41, 5.74) is 9.63. The summed E-state index contributed by atoms with van der Waals surface area (Å²) in [6.07, 6.45) is 25.0. The largest absolute Gasteiger partial charge is 0.310 e. The van der Waals surface area contributed by atoms with Crippen molar-refractivity contribution in [2.75, 3.05) is 4.90 Å². The smallest absolute Gasteiger partial charge is 0.0538 e. The van der Waals surface area contributed by atoms with Gasteiger partial charge in [0.25, 0.3) is 0 Å². The number of allylic oxidation sites excluding steroid dienone is 8. The van der Waals surface area contributed by atoms with Gasteiger partial charge in [-0.2, -0.15) is 0 Å². The second kappa shape index (κ2) is 7.01. The highest BCUT2D eigenvalue weighted by Crippen LogP contribution is 2.32. The van der Waals surface area contributed by atoms with E-state index in [0.717, 1.165) is 25.0 Å². The van der Waals surface area contributed by atoms with E-state index in [1.807, 2.05) is 12.2 Å². The molecule has 0 spiro atoms. The monoisotopic (exact) mass is 325 g/mol. The standard InChI is InChI=1S/C24H23N/c1-19-12-15-23(16-13-19)25(22-10-4-2-3-5-11-22)24-17-14-20-8-6-7-9-21(20)18-24/h2-4,6,8,10-12,14-19H,7,9,13H2,1H3. The zero-order chi connectivity index (χ0) is 17.1. The van der Waals surface area contributed by atoms with E-state index in [2.05, 4.69) is 84.4 Å². The van der Waals surface area contributed by atoms with Crippen LogP contribution in [-0.2, 0) is 6.42 Å². The van der Waals surface area contributed by atoms with E-state index in [1.165, 1.54) is 22.5 Å². The molecule has 1 atom stereocenters. The summed E-state index contributed by atoms with van der Waals surface area (Å²) in [5, 5.41) is 0. The molecule has 0 heterocycles. The molecule has 1 nitrogen and oxygen atoms in total. The molecule has 0 fully saturated rings. The van der Waals surface area contributed by atoms with Crippen LogP contribution in [0, 0.1) is 5.92 Å². The highest BCUT2D eigenvalue weighted by atomic mass is 15.2. The van der Waals surface area contributed by atoms with Crippen molar-refractivity contribution in [3.8, 4) is 0 Å². The third kappa shape index (κ3) is 3.38. The Morgan fingerprint density at radius 1 is 1.12 bits per heavy atom. The lowest BCUT2D eigenvalue weighted by molar-refractivity contribution is 0.727. The summed E-state index contributed by atoms with van der Waals surface area (Å²) in [4.78, 5) is 2.34. The summed E-state index contributed by atoms with van der Waals surface area (Å²) in [6.45, 7) is 2.26. The first-order valence-corrected chi connectivity index (χ1v) is 9.09. The number of hydrogen-bond acceptors (Lipinski definition) is 1. The van der Waals surface area contributed by atoms with Crippen molar-refractivity contribution in [1.29, 1.82) is 0 Å². The first-order valence-electron chi connectivity index (χ1n) is 9.09. The Morgan fingerprint density at radius 2 is 2.08 bits per heavy atom. The molecular weight excluding hydrogens is 302 g/mol. The molecule has 0 bridgehead atoms. The number of benzene rings is 1. The normalized spacial score (nSPS) is 20.8. The van der Waals surface area contributed by atoms with Crippen molar-refractivity contribution in [3.05, 3.63) is 101 Å². The van der Waals surface area contributed by atoms with Gasteiger partial charge in [0, 0.05) is 17.5 Å². The topological polar surface area (TPSA) is 3.24 Å². The minimum absolute atomic E-state index is 0.609. The van der Waals surface area contributed by atoms with Gasteiger partial charge in [-0.05, 0) is 66.7 Å². The van der Waals surface area contributed by atoms with E-state index in [1.54, 1.807) is 0 Å². The molecule has 0 N–H and O–H groups in total. The van der Waals surface area contributed by atoms with E-state index in [9.17, 15) is 0 Å². The lowest BCUT2D eigenvalue weighted by atomic mass is 9.96. The average molecular weight is 325 g/mol. The summed E-state index contributed by atoms with van der Waals surface area (Å²) in [5.74, 6) is 0.609. The third-order valence-corrected chi connectivity index (χ3v) is 4.87. The van der Waals surface area contributed by atoms with E-state index >= 15 is 0 Å². The second-order valence-electron chi connectivity index (χ2n) is 6.81. The zero-order valence-electron chi connectivity index (χ0n) is 14.7. The van der Waals surface area contributed by atoms with Crippen LogP contribution >= 0.6 is 0 Å². The van der Waals surface area contributed by atoms with Crippen molar-refractivity contribution in [1.82, 2.24) is 0 Å². The predicted molar refractivity (Wildman–Crippen MR) is 107 cm³/mol. The Balaban J connectivity index is 1.79. The molecule has 0 aromatic heterocycles. The molecule has 0 amide bonds. The molecule has 4 rings (SSSR count). The van der Waals surface area contributed by atoms with Crippen LogP contribution < -0.4 is 4.90 Å². The summed E-state index contributed by atoms with van der Waals surface area (Å²) < 4.78 is 0. The SMILES string of the molecule is CC1C=CC(N(C2=CC=CC=C=C2)c2ccc3c(c2)CCC=C3)=CC1. The fraction of sp³-hybridized carbons (Fsp3) is 0.208. The van der Waals surface area contributed by atoms with Gasteiger partial charge in [0.05, 0.1) is 5.70 Å². The van der Waals surface area contributed by atoms with Crippen LogP contribution in [0.4, 0.5) is 5.69 Å². The number of nitrogens with zero attached hydrogens (tertiary/aromatic N) is 1. The highest BCUT2D eigenvalue weighted by Gasteiger charge is 2.18. The lowest BCUT2D eigenvalue weighted by Crippen LogP contribution is -2.21. The second-order valence-corrected chi connectivity index (χ2v) is 6.81. The Kier molecular flexibility index (Phi) is 4.41.